The summed E-state index contributed by atoms with van der Waals surface area (Å²) in [4.78, 5) is 35.8. The van der Waals surface area contributed by atoms with Crippen LogP contribution in [-0.2, 0) is 41.1 Å². The van der Waals surface area contributed by atoms with Gasteiger partial charge in [0, 0.05) is 30.4 Å². The first-order valence-corrected chi connectivity index (χ1v) is 14.3. The van der Waals surface area contributed by atoms with E-state index in [0.29, 0.717) is 12.1 Å². The molecule has 0 aliphatic heterocycles. The van der Waals surface area contributed by atoms with Gasteiger partial charge < -0.3 is 15.4 Å². The number of aldehydes is 1. The Kier molecular flexibility index (Phi) is 8.17. The number of hydrogen-bond acceptors (Lipinski definition) is 5. The Labute approximate surface area is 239 Å². The Morgan fingerprint density at radius 3 is 2.14 bits per heavy atom. The highest BCUT2D eigenvalue weighted by Gasteiger charge is 2.74. The minimum absolute atomic E-state index is 0.189. The number of carbonyl (C=O) groups is 3. The lowest BCUT2D eigenvalue weighted by atomic mass is 9.71. The Morgan fingerprint density at radius 2 is 1.60 bits per heavy atom. The van der Waals surface area contributed by atoms with E-state index in [1.54, 1.807) is 0 Å². The van der Waals surface area contributed by atoms with E-state index in [9.17, 15) is 57.9 Å². The van der Waals surface area contributed by atoms with E-state index in [2.05, 4.69) is 10.6 Å². The molecule has 2 aromatic rings. The molecular formula is C27H24F8N2O5S. The first-order valence-electron chi connectivity index (χ1n) is 12.8. The van der Waals surface area contributed by atoms with Crippen molar-refractivity contribution in [3.05, 3.63) is 65.0 Å². The summed E-state index contributed by atoms with van der Waals surface area (Å²) in [6.45, 7) is 0.636. The molecule has 234 valence electrons. The molecule has 0 heterocycles. The summed E-state index contributed by atoms with van der Waals surface area (Å²) in [6, 6.07) is 3.49. The summed E-state index contributed by atoms with van der Waals surface area (Å²) >= 11 is 0. The van der Waals surface area contributed by atoms with Gasteiger partial charge in [-0.2, -0.15) is 26.3 Å². The fourth-order valence-corrected chi connectivity index (χ4v) is 8.93. The Hall–Kier alpha value is -3.56. The number of carbonyl (C=O) groups excluding carboxylic acids is 3. The number of sulfone groups is 1. The fraction of sp³-hybridized carbons (Fsp3) is 0.444. The van der Waals surface area contributed by atoms with Crippen LogP contribution in [0.2, 0.25) is 0 Å². The third-order valence-electron chi connectivity index (χ3n) is 8.10. The smallest absolute Gasteiger partial charge is 0.351 e. The van der Waals surface area contributed by atoms with Crippen molar-refractivity contribution in [2.24, 2.45) is 11.8 Å². The van der Waals surface area contributed by atoms with Gasteiger partial charge in [0.1, 0.15) is 16.9 Å². The SMILES string of the molecule is CC(=O)NCC(=O)N[C@@H]1CC(C=O)[C@]2(S(=O)(=O)c3ccc(F)cc3)c3ccc(C(F)(C(F)(F)F)C(F)(F)F)cc3CC[C@@H]12. The Bertz CT molecular complexity index is 1530. The highest BCUT2D eigenvalue weighted by molar-refractivity contribution is 7.92. The van der Waals surface area contributed by atoms with Crippen molar-refractivity contribution in [2.75, 3.05) is 6.54 Å². The molecule has 1 saturated carbocycles. The molecule has 7 nitrogen and oxygen atoms in total. The van der Waals surface area contributed by atoms with Crippen molar-refractivity contribution in [2.45, 2.75) is 59.9 Å². The van der Waals surface area contributed by atoms with Crippen LogP contribution in [0.4, 0.5) is 35.1 Å². The lowest BCUT2D eigenvalue weighted by Crippen LogP contribution is -2.53. The lowest BCUT2D eigenvalue weighted by molar-refractivity contribution is -0.348. The van der Waals surface area contributed by atoms with Gasteiger partial charge in [-0.3, -0.25) is 9.59 Å². The predicted octanol–water partition coefficient (Wildman–Crippen LogP) is 4.19. The molecule has 0 aromatic heterocycles. The zero-order chi connectivity index (χ0) is 32.2. The average molecular weight is 641 g/mol. The van der Waals surface area contributed by atoms with Gasteiger partial charge >= 0.3 is 18.0 Å². The highest BCUT2D eigenvalue weighted by atomic mass is 32.2. The van der Waals surface area contributed by atoms with Crippen LogP contribution >= 0.6 is 0 Å². The van der Waals surface area contributed by atoms with Crippen molar-refractivity contribution >= 4 is 27.9 Å². The highest BCUT2D eigenvalue weighted by Crippen LogP contribution is 2.60. The number of halogens is 8. The number of alkyl halides is 7. The number of benzene rings is 2. The van der Waals surface area contributed by atoms with E-state index >= 15 is 0 Å². The molecular weight excluding hydrogens is 616 g/mol. The number of hydrogen-bond donors (Lipinski definition) is 2. The molecule has 0 radical (unpaired) electrons. The minimum Gasteiger partial charge on any atom is -0.351 e. The number of fused-ring (bicyclic) bond motifs is 3. The summed E-state index contributed by atoms with van der Waals surface area (Å²) < 4.78 is 136. The summed E-state index contributed by atoms with van der Waals surface area (Å²) in [5.41, 5.74) is -8.31. The van der Waals surface area contributed by atoms with Gasteiger partial charge in [-0.15, -0.1) is 0 Å². The van der Waals surface area contributed by atoms with Crippen molar-refractivity contribution < 1.29 is 57.9 Å². The maximum absolute atomic E-state index is 14.9. The molecule has 43 heavy (non-hydrogen) atoms. The summed E-state index contributed by atoms with van der Waals surface area (Å²) in [5, 5.41) is 4.82. The number of nitrogens with one attached hydrogen (secondary N) is 2. The molecule has 2 aliphatic carbocycles. The van der Waals surface area contributed by atoms with Gasteiger partial charge in [0.2, 0.25) is 11.8 Å². The average Bonchev–Trinajstić information content (AvgIpc) is 3.25. The van der Waals surface area contributed by atoms with Gasteiger partial charge in [-0.1, -0.05) is 18.2 Å². The second-order valence-corrected chi connectivity index (χ2v) is 12.6. The van der Waals surface area contributed by atoms with Crippen molar-refractivity contribution in [1.29, 1.82) is 0 Å². The Morgan fingerprint density at radius 1 is 1.00 bits per heavy atom. The molecule has 1 fully saturated rings. The van der Waals surface area contributed by atoms with Crippen molar-refractivity contribution in [3.63, 3.8) is 0 Å². The van der Waals surface area contributed by atoms with Crippen LogP contribution in [0.15, 0.2) is 47.4 Å². The molecule has 4 rings (SSSR count). The van der Waals surface area contributed by atoms with E-state index in [1.165, 1.54) is 0 Å². The van der Waals surface area contributed by atoms with E-state index < -0.39 is 85.1 Å². The molecule has 0 bridgehead atoms. The van der Waals surface area contributed by atoms with Gasteiger partial charge in [-0.25, -0.2) is 17.2 Å². The maximum atomic E-state index is 14.9. The quantitative estimate of drug-likeness (QED) is 0.268. The van der Waals surface area contributed by atoms with E-state index in [4.69, 9.17) is 0 Å². The number of aryl methyl sites for hydroxylation is 1. The molecule has 4 atom stereocenters. The first kappa shape index (κ1) is 32.4. The molecule has 2 amide bonds. The van der Waals surface area contributed by atoms with Gasteiger partial charge in [0.15, 0.2) is 9.84 Å². The molecule has 0 saturated heterocycles. The zero-order valence-electron chi connectivity index (χ0n) is 22.2. The van der Waals surface area contributed by atoms with Crippen LogP contribution in [0.25, 0.3) is 0 Å². The van der Waals surface area contributed by atoms with E-state index in [0.717, 1.165) is 31.2 Å². The monoisotopic (exact) mass is 640 g/mol. The van der Waals surface area contributed by atoms with Crippen LogP contribution < -0.4 is 10.6 Å². The summed E-state index contributed by atoms with van der Waals surface area (Å²) in [7, 11) is -4.81. The molecule has 2 aromatic carbocycles. The minimum atomic E-state index is -6.42. The second kappa shape index (κ2) is 10.9. The van der Waals surface area contributed by atoms with Gasteiger partial charge in [-0.05, 0) is 54.7 Å². The molecule has 16 heteroatoms. The lowest BCUT2D eigenvalue weighted by Gasteiger charge is -2.44. The topological polar surface area (TPSA) is 109 Å². The van der Waals surface area contributed by atoms with Crippen LogP contribution in [0.3, 0.4) is 0 Å². The molecule has 0 spiro atoms. The number of rotatable bonds is 7. The number of amides is 2. The fourth-order valence-electron chi connectivity index (χ4n) is 6.33. The van der Waals surface area contributed by atoms with Gasteiger partial charge in [0.05, 0.1) is 11.4 Å². The van der Waals surface area contributed by atoms with Crippen LogP contribution in [-0.4, -0.2) is 51.5 Å². The maximum Gasteiger partial charge on any atom is 0.435 e. The summed E-state index contributed by atoms with van der Waals surface area (Å²) in [5.74, 6) is -4.77. The third-order valence-corrected chi connectivity index (χ3v) is 10.7. The van der Waals surface area contributed by atoms with Crippen LogP contribution in [0, 0.1) is 17.7 Å². The summed E-state index contributed by atoms with van der Waals surface area (Å²) in [6.07, 6.45) is -13.5. The van der Waals surface area contributed by atoms with E-state index in [-0.39, 0.29) is 42.7 Å². The zero-order valence-corrected chi connectivity index (χ0v) is 23.0. The molecule has 2 aliphatic rings. The second-order valence-electron chi connectivity index (χ2n) is 10.5. The van der Waals surface area contributed by atoms with Gasteiger partial charge in [0.25, 0.3) is 0 Å². The standard InChI is InChI=1S/C27H24F8N2O5S/c1-14(39)36-12-23(40)37-22-11-17(13-38)24(43(41,42)19-6-4-18(28)5-7-19)20-9-3-16(10-15(20)2-8-21(22)24)25(29,26(30,31)32)27(33,34)35/h3-7,9-10,13,17,21-22H,2,8,11-12H2,1H3,(H,36,39)(H,37,40)/t17?,21-,22+,24-/m0/s1. The normalized spacial score (nSPS) is 24.1. The van der Waals surface area contributed by atoms with E-state index in [1.807, 2.05) is 0 Å². The third kappa shape index (κ3) is 5.06. The first-order chi connectivity index (χ1) is 19.8. The molecule has 1 unspecified atom stereocenters. The predicted molar refractivity (Wildman–Crippen MR) is 133 cm³/mol. The van der Waals surface area contributed by atoms with Crippen LogP contribution in [0.5, 0.6) is 0 Å². The van der Waals surface area contributed by atoms with Crippen molar-refractivity contribution in [1.82, 2.24) is 10.6 Å². The van der Waals surface area contributed by atoms with Crippen LogP contribution in [0.1, 0.15) is 36.5 Å². The van der Waals surface area contributed by atoms with Crippen molar-refractivity contribution in [3.8, 4) is 0 Å². The largest absolute Gasteiger partial charge is 0.435 e. The Balaban J connectivity index is 1.95. The molecule has 2 N–H and O–H groups in total.